The third-order valence-corrected chi connectivity index (χ3v) is 6.22. The fourth-order valence-electron chi connectivity index (χ4n) is 3.35. The van der Waals surface area contributed by atoms with E-state index in [1.165, 1.54) is 16.9 Å². The molecule has 0 radical (unpaired) electrons. The molecule has 1 aliphatic heterocycles. The number of hydrogen-bond acceptors (Lipinski definition) is 3. The Kier molecular flexibility index (Phi) is 5.19. The summed E-state index contributed by atoms with van der Waals surface area (Å²) in [5.74, 6) is -1.06. The van der Waals surface area contributed by atoms with Gasteiger partial charge >= 0.3 is 12.0 Å². The van der Waals surface area contributed by atoms with Crippen LogP contribution in [0.4, 0.5) is 9.80 Å². The van der Waals surface area contributed by atoms with Crippen LogP contribution in [0, 0.1) is 0 Å². The largest absolute Gasteiger partial charge is 0.478 e. The Hall–Kier alpha value is -2.64. The first kappa shape index (κ1) is 18.7. The zero-order valence-electron chi connectivity index (χ0n) is 14.8. The smallest absolute Gasteiger partial charge is 0.339 e. The highest BCUT2D eigenvalue weighted by molar-refractivity contribution is 9.10. The van der Waals surface area contributed by atoms with E-state index in [9.17, 15) is 14.7 Å². The quantitative estimate of drug-likeness (QED) is 0.549. The van der Waals surface area contributed by atoms with E-state index < -0.39 is 5.97 Å². The SMILES string of the molecule is O=C(O)c1c(-c2ccc(Br)cc2)csc1NC(=O)N1CCc2ccccc2C1. The molecule has 2 heterocycles. The minimum Gasteiger partial charge on any atom is -0.478 e. The second kappa shape index (κ2) is 7.77. The molecule has 2 aromatic carbocycles. The van der Waals surface area contributed by atoms with E-state index in [0.717, 1.165) is 22.0 Å². The first-order valence-electron chi connectivity index (χ1n) is 8.76. The summed E-state index contributed by atoms with van der Waals surface area (Å²) in [6, 6.07) is 15.2. The van der Waals surface area contributed by atoms with Crippen molar-refractivity contribution in [3.8, 4) is 11.1 Å². The van der Waals surface area contributed by atoms with E-state index in [0.29, 0.717) is 23.7 Å². The summed E-state index contributed by atoms with van der Waals surface area (Å²) in [5, 5.41) is 14.7. The van der Waals surface area contributed by atoms with Crippen molar-refractivity contribution in [1.29, 1.82) is 0 Å². The Balaban J connectivity index is 1.57. The number of aromatic carboxylic acids is 1. The topological polar surface area (TPSA) is 69.6 Å². The lowest BCUT2D eigenvalue weighted by molar-refractivity contribution is 0.0699. The second-order valence-electron chi connectivity index (χ2n) is 6.54. The van der Waals surface area contributed by atoms with Crippen LogP contribution < -0.4 is 5.32 Å². The molecule has 0 aliphatic carbocycles. The molecule has 28 heavy (non-hydrogen) atoms. The zero-order chi connectivity index (χ0) is 19.7. The van der Waals surface area contributed by atoms with Crippen molar-refractivity contribution >= 4 is 44.3 Å². The van der Waals surface area contributed by atoms with Gasteiger partial charge in [0.2, 0.25) is 0 Å². The van der Waals surface area contributed by atoms with Crippen molar-refractivity contribution in [2.75, 3.05) is 11.9 Å². The van der Waals surface area contributed by atoms with E-state index in [2.05, 4.69) is 27.3 Å². The van der Waals surface area contributed by atoms with Crippen LogP contribution in [0.5, 0.6) is 0 Å². The third-order valence-electron chi connectivity index (χ3n) is 4.80. The van der Waals surface area contributed by atoms with Gasteiger partial charge in [-0.2, -0.15) is 0 Å². The van der Waals surface area contributed by atoms with Crippen LogP contribution in [0.15, 0.2) is 58.4 Å². The lowest BCUT2D eigenvalue weighted by Crippen LogP contribution is -2.38. The van der Waals surface area contributed by atoms with Gasteiger partial charge in [0.25, 0.3) is 0 Å². The number of rotatable bonds is 3. The number of urea groups is 1. The first-order valence-corrected chi connectivity index (χ1v) is 10.4. The Morgan fingerprint density at radius 3 is 2.50 bits per heavy atom. The predicted molar refractivity (Wildman–Crippen MR) is 114 cm³/mol. The number of hydrogen-bond donors (Lipinski definition) is 2. The number of benzene rings is 2. The number of nitrogens with one attached hydrogen (secondary N) is 1. The fourth-order valence-corrected chi connectivity index (χ4v) is 4.56. The van der Waals surface area contributed by atoms with Gasteiger partial charge in [0.15, 0.2) is 0 Å². The third kappa shape index (κ3) is 3.68. The summed E-state index contributed by atoms with van der Waals surface area (Å²) < 4.78 is 0.919. The first-order chi connectivity index (χ1) is 13.5. The molecule has 142 valence electrons. The van der Waals surface area contributed by atoms with Crippen LogP contribution in [0.2, 0.25) is 0 Å². The van der Waals surface area contributed by atoms with Gasteiger partial charge in [-0.3, -0.25) is 5.32 Å². The van der Waals surface area contributed by atoms with Gasteiger partial charge in [0.1, 0.15) is 10.6 Å². The summed E-state index contributed by atoms with van der Waals surface area (Å²) in [6.45, 7) is 1.13. The van der Waals surface area contributed by atoms with E-state index >= 15 is 0 Å². The van der Waals surface area contributed by atoms with Gasteiger partial charge < -0.3 is 10.0 Å². The Morgan fingerprint density at radius 1 is 1.07 bits per heavy atom. The summed E-state index contributed by atoms with van der Waals surface area (Å²) in [4.78, 5) is 26.4. The Morgan fingerprint density at radius 2 is 1.79 bits per heavy atom. The van der Waals surface area contributed by atoms with E-state index in [1.807, 2.05) is 42.5 Å². The van der Waals surface area contributed by atoms with E-state index in [-0.39, 0.29) is 11.6 Å². The minimum atomic E-state index is -1.06. The van der Waals surface area contributed by atoms with Crippen molar-refractivity contribution < 1.29 is 14.7 Å². The van der Waals surface area contributed by atoms with Crippen LogP contribution in [-0.2, 0) is 13.0 Å². The molecule has 0 saturated heterocycles. The number of nitrogens with zero attached hydrogens (tertiary/aromatic N) is 1. The number of carbonyl (C=O) groups is 2. The molecule has 3 aromatic rings. The molecule has 0 bridgehead atoms. The van der Waals surface area contributed by atoms with Crippen molar-refractivity contribution in [2.45, 2.75) is 13.0 Å². The molecular weight excluding hydrogens is 440 g/mol. The van der Waals surface area contributed by atoms with Crippen LogP contribution in [0.1, 0.15) is 21.5 Å². The average molecular weight is 457 g/mol. The van der Waals surface area contributed by atoms with Crippen molar-refractivity contribution in [3.63, 3.8) is 0 Å². The minimum absolute atomic E-state index is 0.123. The van der Waals surface area contributed by atoms with Gasteiger partial charge in [0, 0.05) is 28.5 Å². The van der Waals surface area contributed by atoms with Crippen LogP contribution in [-0.4, -0.2) is 28.6 Å². The van der Waals surface area contributed by atoms with Gasteiger partial charge in [0.05, 0.1) is 0 Å². The molecule has 5 nitrogen and oxygen atoms in total. The average Bonchev–Trinajstić information content (AvgIpc) is 3.12. The maximum absolute atomic E-state index is 12.8. The second-order valence-corrected chi connectivity index (χ2v) is 8.33. The van der Waals surface area contributed by atoms with Gasteiger partial charge in [-0.15, -0.1) is 11.3 Å². The molecule has 1 aliphatic rings. The van der Waals surface area contributed by atoms with Crippen molar-refractivity contribution in [1.82, 2.24) is 4.90 Å². The number of anilines is 1. The molecule has 7 heteroatoms. The van der Waals surface area contributed by atoms with Crippen LogP contribution in [0.3, 0.4) is 0 Å². The molecule has 0 atom stereocenters. The van der Waals surface area contributed by atoms with Gasteiger partial charge in [-0.1, -0.05) is 52.3 Å². The van der Waals surface area contributed by atoms with Crippen molar-refractivity contribution in [2.24, 2.45) is 0 Å². The van der Waals surface area contributed by atoms with Gasteiger partial charge in [-0.25, -0.2) is 9.59 Å². The monoisotopic (exact) mass is 456 g/mol. The van der Waals surface area contributed by atoms with Crippen LogP contribution in [0.25, 0.3) is 11.1 Å². The summed E-state index contributed by atoms with van der Waals surface area (Å²) in [7, 11) is 0. The highest BCUT2D eigenvalue weighted by Gasteiger charge is 2.25. The van der Waals surface area contributed by atoms with Crippen molar-refractivity contribution in [3.05, 3.63) is 75.1 Å². The molecule has 4 rings (SSSR count). The molecule has 2 N–H and O–H groups in total. The molecular formula is C21H17BrN2O3S. The molecule has 1 aromatic heterocycles. The standard InChI is InChI=1S/C21H17BrN2O3S/c22-16-7-5-14(6-8-16)17-12-28-19(18(17)20(25)26)23-21(27)24-10-9-13-3-1-2-4-15(13)11-24/h1-8,12H,9-11H2,(H,23,27)(H,25,26). The van der Waals surface area contributed by atoms with E-state index in [4.69, 9.17) is 0 Å². The number of carbonyl (C=O) groups excluding carboxylic acids is 1. The zero-order valence-corrected chi connectivity index (χ0v) is 17.2. The Labute approximate surface area is 174 Å². The molecule has 0 saturated carbocycles. The number of thiophene rings is 1. The van der Waals surface area contributed by atoms with Crippen LogP contribution >= 0.6 is 27.3 Å². The predicted octanol–water partition coefficient (Wildman–Crippen LogP) is 5.47. The Bertz CT molecular complexity index is 1050. The maximum atomic E-state index is 12.8. The number of halogens is 1. The summed E-state index contributed by atoms with van der Waals surface area (Å²) >= 11 is 4.61. The molecule has 2 amide bonds. The normalized spacial score (nSPS) is 13.1. The summed E-state index contributed by atoms with van der Waals surface area (Å²) in [6.07, 6.45) is 0.796. The molecule has 0 fully saturated rings. The fraction of sp³-hybridized carbons (Fsp3) is 0.143. The number of fused-ring (bicyclic) bond motifs is 1. The van der Waals surface area contributed by atoms with E-state index in [1.54, 1.807) is 10.3 Å². The summed E-state index contributed by atoms with van der Waals surface area (Å²) in [5.41, 5.74) is 3.90. The number of carboxylic acids is 1. The lowest BCUT2D eigenvalue weighted by atomic mass is 10.0. The maximum Gasteiger partial charge on any atom is 0.339 e. The highest BCUT2D eigenvalue weighted by Crippen LogP contribution is 2.36. The number of carboxylic acid groups (broad SMARTS) is 1. The molecule has 0 unspecified atom stereocenters. The number of amides is 2. The lowest BCUT2D eigenvalue weighted by Gasteiger charge is -2.28. The van der Waals surface area contributed by atoms with Gasteiger partial charge in [-0.05, 0) is 35.2 Å². The highest BCUT2D eigenvalue weighted by atomic mass is 79.9. The molecule has 0 spiro atoms.